The van der Waals surface area contributed by atoms with Gasteiger partial charge < -0.3 is 19.9 Å². The van der Waals surface area contributed by atoms with Crippen molar-refractivity contribution in [2.45, 2.75) is 39.5 Å². The first-order valence-corrected chi connectivity index (χ1v) is 14.3. The third-order valence-corrected chi connectivity index (χ3v) is 7.86. The quantitative estimate of drug-likeness (QED) is 0.232. The molecule has 0 saturated carbocycles. The largest absolute Gasteiger partial charge is 0.434 e. The molecule has 1 N–H and O–H groups in total. The average molecular weight is 651 g/mol. The van der Waals surface area contributed by atoms with E-state index in [1.165, 1.54) is 46.2 Å². The molecule has 2 atom stereocenters. The van der Waals surface area contributed by atoms with Gasteiger partial charge in [0.25, 0.3) is 11.8 Å². The van der Waals surface area contributed by atoms with Gasteiger partial charge in [-0.2, -0.15) is 14.0 Å². The van der Waals surface area contributed by atoms with E-state index in [-0.39, 0.29) is 59.3 Å². The SMILES string of the molecule is CC[C@@H](C)C(=O)N[C@H]1CN(C(=O)c2ccc(F)cc2)c2cc(C#N)ccc2N(Cc2c(OC(F)F)ccc3ccccc23)C1=O.Cl. The maximum Gasteiger partial charge on any atom is 0.387 e. The van der Waals surface area contributed by atoms with E-state index in [9.17, 15) is 32.8 Å². The van der Waals surface area contributed by atoms with E-state index in [0.717, 1.165) is 12.1 Å². The van der Waals surface area contributed by atoms with Crippen LogP contribution in [0.5, 0.6) is 5.75 Å². The summed E-state index contributed by atoms with van der Waals surface area (Å²) in [6, 6.07) is 20.1. The fourth-order valence-electron chi connectivity index (χ4n) is 5.26. The molecule has 0 spiro atoms. The van der Waals surface area contributed by atoms with Gasteiger partial charge in [0.1, 0.15) is 17.6 Å². The minimum atomic E-state index is -3.14. The topological polar surface area (TPSA) is 103 Å². The number of ether oxygens (including phenoxy) is 1. The van der Waals surface area contributed by atoms with Crippen molar-refractivity contribution in [1.82, 2.24) is 5.32 Å². The Bertz CT molecular complexity index is 1810. The molecule has 1 heterocycles. The van der Waals surface area contributed by atoms with Crippen LogP contribution in [0, 0.1) is 23.1 Å². The van der Waals surface area contributed by atoms with Crippen molar-refractivity contribution in [3.8, 4) is 11.8 Å². The smallest absolute Gasteiger partial charge is 0.387 e. The molecule has 4 aromatic carbocycles. The first-order chi connectivity index (χ1) is 21.6. The number of hydrogen-bond donors (Lipinski definition) is 1. The highest BCUT2D eigenvalue weighted by Crippen LogP contribution is 2.38. The summed E-state index contributed by atoms with van der Waals surface area (Å²) in [5.41, 5.74) is 0.952. The van der Waals surface area contributed by atoms with Crippen LogP contribution >= 0.6 is 12.4 Å². The molecule has 0 fully saturated rings. The van der Waals surface area contributed by atoms with E-state index in [2.05, 4.69) is 5.32 Å². The van der Waals surface area contributed by atoms with E-state index >= 15 is 0 Å². The molecule has 1 aliphatic heterocycles. The summed E-state index contributed by atoms with van der Waals surface area (Å²) < 4.78 is 45.7. The Morgan fingerprint density at radius 1 is 1.04 bits per heavy atom. The van der Waals surface area contributed by atoms with E-state index in [1.54, 1.807) is 37.3 Å². The maximum atomic E-state index is 14.4. The molecule has 1 aliphatic rings. The van der Waals surface area contributed by atoms with Crippen LogP contribution in [0.3, 0.4) is 0 Å². The molecular weight excluding hydrogens is 621 g/mol. The van der Waals surface area contributed by atoms with Gasteiger partial charge in [-0.05, 0) is 65.7 Å². The predicted molar refractivity (Wildman–Crippen MR) is 170 cm³/mol. The summed E-state index contributed by atoms with van der Waals surface area (Å²) in [4.78, 5) is 44.0. The van der Waals surface area contributed by atoms with Crippen molar-refractivity contribution in [3.05, 3.63) is 101 Å². The maximum absolute atomic E-state index is 14.4. The molecule has 0 unspecified atom stereocenters. The fraction of sp³-hybridized carbons (Fsp3) is 0.235. The highest BCUT2D eigenvalue weighted by molar-refractivity contribution is 6.13. The molecular formula is C34H30ClF3N4O4. The average Bonchev–Trinajstić information content (AvgIpc) is 3.15. The zero-order chi connectivity index (χ0) is 32.2. The van der Waals surface area contributed by atoms with Gasteiger partial charge in [-0.15, -0.1) is 12.4 Å². The highest BCUT2D eigenvalue weighted by atomic mass is 35.5. The standard InChI is InChI=1S/C34H29F3N4O4.ClH/c1-3-20(2)31(42)39-27-19-41(32(43)23-9-12-24(35)13-10-23)29-16-21(17-38)8-14-28(29)40(33(27)44)18-26-25-7-5-4-6-22(25)11-15-30(26)45-34(36)37;/h4-16,20,27,34H,3,18-19H2,1-2H3,(H,39,42);1H/t20-,27+;/m1./s1. The Morgan fingerprint density at radius 2 is 1.76 bits per heavy atom. The van der Waals surface area contributed by atoms with Crippen molar-refractivity contribution >= 4 is 52.3 Å². The predicted octanol–water partition coefficient (Wildman–Crippen LogP) is 6.60. The Balaban J connectivity index is 0.00000480. The molecule has 0 saturated heterocycles. The van der Waals surface area contributed by atoms with Crippen LogP contribution in [-0.4, -0.2) is 36.9 Å². The molecule has 46 heavy (non-hydrogen) atoms. The molecule has 0 aliphatic carbocycles. The van der Waals surface area contributed by atoms with Crippen molar-refractivity contribution in [2.75, 3.05) is 16.3 Å². The van der Waals surface area contributed by atoms with E-state index in [0.29, 0.717) is 17.2 Å². The van der Waals surface area contributed by atoms with Crippen LogP contribution in [0.25, 0.3) is 10.8 Å². The normalized spacial score (nSPS) is 15.0. The first kappa shape index (κ1) is 33.8. The summed E-state index contributed by atoms with van der Waals surface area (Å²) in [7, 11) is 0. The molecule has 3 amide bonds. The summed E-state index contributed by atoms with van der Waals surface area (Å²) in [5.74, 6) is -2.77. The van der Waals surface area contributed by atoms with Crippen LogP contribution in [0.15, 0.2) is 78.9 Å². The van der Waals surface area contributed by atoms with Gasteiger partial charge in [-0.3, -0.25) is 14.4 Å². The van der Waals surface area contributed by atoms with Crippen LogP contribution in [0.1, 0.15) is 41.8 Å². The van der Waals surface area contributed by atoms with Crippen LogP contribution in [0.2, 0.25) is 0 Å². The Morgan fingerprint density at radius 3 is 2.43 bits per heavy atom. The van der Waals surface area contributed by atoms with E-state index in [4.69, 9.17) is 4.74 Å². The van der Waals surface area contributed by atoms with E-state index in [1.807, 2.05) is 13.0 Å². The molecule has 12 heteroatoms. The number of alkyl halides is 2. The van der Waals surface area contributed by atoms with Crippen molar-refractivity contribution in [2.24, 2.45) is 5.92 Å². The molecule has 238 valence electrons. The molecule has 0 bridgehead atoms. The lowest BCUT2D eigenvalue weighted by Crippen LogP contribution is -2.53. The number of nitrogens with one attached hydrogen (secondary N) is 1. The van der Waals surface area contributed by atoms with E-state index < -0.39 is 42.1 Å². The number of nitriles is 1. The summed E-state index contributed by atoms with van der Waals surface area (Å²) in [5, 5.41) is 13.8. The molecule has 0 aromatic heterocycles. The highest BCUT2D eigenvalue weighted by Gasteiger charge is 2.38. The van der Waals surface area contributed by atoms with Gasteiger partial charge in [-0.25, -0.2) is 4.39 Å². The number of hydrogen-bond acceptors (Lipinski definition) is 5. The second-order valence-corrected chi connectivity index (χ2v) is 10.7. The van der Waals surface area contributed by atoms with Crippen LogP contribution < -0.4 is 19.9 Å². The molecule has 5 rings (SSSR count). The number of benzene rings is 4. The number of rotatable bonds is 8. The molecule has 8 nitrogen and oxygen atoms in total. The molecule has 0 radical (unpaired) electrons. The second kappa shape index (κ2) is 14.3. The monoisotopic (exact) mass is 650 g/mol. The lowest BCUT2D eigenvalue weighted by atomic mass is 10.0. The summed E-state index contributed by atoms with van der Waals surface area (Å²) >= 11 is 0. The number of amides is 3. The minimum Gasteiger partial charge on any atom is -0.434 e. The minimum absolute atomic E-state index is 0. The van der Waals surface area contributed by atoms with Crippen LogP contribution in [-0.2, 0) is 16.1 Å². The molecule has 4 aromatic rings. The lowest BCUT2D eigenvalue weighted by molar-refractivity contribution is -0.129. The zero-order valence-electron chi connectivity index (χ0n) is 24.9. The van der Waals surface area contributed by atoms with Gasteiger partial charge in [0.2, 0.25) is 5.91 Å². The number of nitrogens with zero attached hydrogens (tertiary/aromatic N) is 3. The van der Waals surface area contributed by atoms with Crippen molar-refractivity contribution in [3.63, 3.8) is 0 Å². The van der Waals surface area contributed by atoms with Gasteiger partial charge in [0.05, 0.1) is 36.1 Å². The first-order valence-electron chi connectivity index (χ1n) is 14.3. The fourth-order valence-corrected chi connectivity index (χ4v) is 5.26. The number of fused-ring (bicyclic) bond motifs is 2. The van der Waals surface area contributed by atoms with Crippen molar-refractivity contribution < 1.29 is 32.3 Å². The van der Waals surface area contributed by atoms with Gasteiger partial charge >= 0.3 is 6.61 Å². The van der Waals surface area contributed by atoms with Crippen molar-refractivity contribution in [1.29, 1.82) is 5.26 Å². The Kier molecular flexibility index (Phi) is 10.5. The zero-order valence-corrected chi connectivity index (χ0v) is 25.7. The van der Waals surface area contributed by atoms with Crippen LogP contribution in [0.4, 0.5) is 24.5 Å². The Labute approximate surface area is 269 Å². The second-order valence-electron chi connectivity index (χ2n) is 10.7. The van der Waals surface area contributed by atoms with Gasteiger partial charge in [0, 0.05) is 17.0 Å². The lowest BCUT2D eigenvalue weighted by Gasteiger charge is -2.27. The van der Waals surface area contributed by atoms with Gasteiger partial charge in [-0.1, -0.05) is 44.2 Å². The Hall–Kier alpha value is -5.08. The summed E-state index contributed by atoms with van der Waals surface area (Å²) in [6.07, 6.45) is 0.491. The third kappa shape index (κ3) is 6.92. The summed E-state index contributed by atoms with van der Waals surface area (Å²) in [6.45, 7) is -0.198. The third-order valence-electron chi connectivity index (χ3n) is 7.86. The number of carbonyl (C=O) groups is 3. The number of anilines is 2. The number of carbonyl (C=O) groups excluding carboxylic acids is 3. The van der Waals surface area contributed by atoms with Gasteiger partial charge in [0.15, 0.2) is 0 Å². The number of halogens is 4.